The molecule has 120 valence electrons. The van der Waals surface area contributed by atoms with Gasteiger partial charge in [-0.1, -0.05) is 0 Å². The number of amides is 1. The van der Waals surface area contributed by atoms with Crippen LogP contribution < -0.4 is 15.8 Å². The number of carbonyl (C=O) groups excluding carboxylic acids is 2. The van der Waals surface area contributed by atoms with Crippen molar-refractivity contribution in [3.63, 3.8) is 0 Å². The van der Waals surface area contributed by atoms with E-state index in [4.69, 9.17) is 15.2 Å². The first kappa shape index (κ1) is 16.1. The van der Waals surface area contributed by atoms with Gasteiger partial charge < -0.3 is 20.5 Å². The lowest BCUT2D eigenvalue weighted by Crippen LogP contribution is -2.39. The van der Waals surface area contributed by atoms with Gasteiger partial charge in [0.25, 0.3) is 5.91 Å². The van der Waals surface area contributed by atoms with Crippen LogP contribution in [0.4, 0.5) is 5.69 Å². The maximum absolute atomic E-state index is 12.3. The molecule has 6 nitrogen and oxygen atoms in total. The van der Waals surface area contributed by atoms with Crippen molar-refractivity contribution < 1.29 is 19.1 Å². The minimum atomic E-state index is -0.249. The molecule has 1 aromatic rings. The largest absolute Gasteiger partial charge is 0.495 e. The normalized spacial score (nSPS) is 21.0. The van der Waals surface area contributed by atoms with Crippen molar-refractivity contribution in [1.29, 1.82) is 0 Å². The van der Waals surface area contributed by atoms with E-state index in [-0.39, 0.29) is 24.0 Å². The second kappa shape index (κ2) is 7.15. The highest BCUT2D eigenvalue weighted by Crippen LogP contribution is 2.24. The molecule has 1 aliphatic carbocycles. The van der Waals surface area contributed by atoms with Gasteiger partial charge in [-0.15, -0.1) is 0 Å². The third kappa shape index (κ3) is 4.13. The summed E-state index contributed by atoms with van der Waals surface area (Å²) in [5.74, 6) is 0.0990. The molecule has 0 heterocycles. The molecule has 1 amide bonds. The highest BCUT2D eigenvalue weighted by atomic mass is 16.5. The topological polar surface area (TPSA) is 90.6 Å². The molecule has 3 N–H and O–H groups in total. The first-order valence-corrected chi connectivity index (χ1v) is 7.41. The summed E-state index contributed by atoms with van der Waals surface area (Å²) in [5, 5.41) is 3.00. The molecule has 1 saturated carbocycles. The Morgan fingerprint density at radius 2 is 1.91 bits per heavy atom. The van der Waals surface area contributed by atoms with E-state index in [9.17, 15) is 9.59 Å². The number of benzene rings is 1. The second-order valence-corrected chi connectivity index (χ2v) is 5.51. The molecule has 6 heteroatoms. The van der Waals surface area contributed by atoms with Gasteiger partial charge in [0, 0.05) is 18.5 Å². The molecule has 0 bridgehead atoms. The van der Waals surface area contributed by atoms with Gasteiger partial charge in [-0.3, -0.25) is 9.59 Å². The predicted molar refractivity (Wildman–Crippen MR) is 82.7 cm³/mol. The van der Waals surface area contributed by atoms with Gasteiger partial charge in [0.2, 0.25) is 0 Å². The Bertz CT molecular complexity index is 551. The molecule has 1 fully saturated rings. The van der Waals surface area contributed by atoms with Gasteiger partial charge in [-0.05, 0) is 43.9 Å². The zero-order valence-corrected chi connectivity index (χ0v) is 12.9. The van der Waals surface area contributed by atoms with Gasteiger partial charge in [-0.2, -0.15) is 0 Å². The number of nitrogens with one attached hydrogen (secondary N) is 1. The summed E-state index contributed by atoms with van der Waals surface area (Å²) in [6.07, 6.45) is 3.12. The Labute approximate surface area is 130 Å². The summed E-state index contributed by atoms with van der Waals surface area (Å²) in [6.45, 7) is 1.42. The Morgan fingerprint density at radius 1 is 1.23 bits per heavy atom. The number of rotatable bonds is 4. The zero-order valence-electron chi connectivity index (χ0n) is 12.9. The number of hydrogen-bond acceptors (Lipinski definition) is 5. The maximum atomic E-state index is 12.3. The van der Waals surface area contributed by atoms with Gasteiger partial charge >= 0.3 is 5.97 Å². The van der Waals surface area contributed by atoms with Gasteiger partial charge in [0.1, 0.15) is 11.9 Å². The van der Waals surface area contributed by atoms with E-state index < -0.39 is 0 Å². The van der Waals surface area contributed by atoms with Gasteiger partial charge in [-0.25, -0.2) is 0 Å². The van der Waals surface area contributed by atoms with Crippen molar-refractivity contribution >= 4 is 17.6 Å². The van der Waals surface area contributed by atoms with E-state index in [1.54, 1.807) is 18.2 Å². The van der Waals surface area contributed by atoms with E-state index in [0.717, 1.165) is 25.7 Å². The molecule has 22 heavy (non-hydrogen) atoms. The van der Waals surface area contributed by atoms with Crippen molar-refractivity contribution in [2.75, 3.05) is 12.8 Å². The van der Waals surface area contributed by atoms with Crippen molar-refractivity contribution in [3.05, 3.63) is 23.8 Å². The summed E-state index contributed by atoms with van der Waals surface area (Å²) in [6, 6.07) is 5.07. The van der Waals surface area contributed by atoms with Crippen LogP contribution in [-0.4, -0.2) is 31.1 Å². The molecule has 1 aliphatic rings. The third-order valence-corrected chi connectivity index (χ3v) is 3.84. The van der Waals surface area contributed by atoms with E-state index in [2.05, 4.69) is 5.32 Å². The number of esters is 1. The summed E-state index contributed by atoms with van der Waals surface area (Å²) in [7, 11) is 1.52. The van der Waals surface area contributed by atoms with Crippen LogP contribution in [0.1, 0.15) is 43.0 Å². The summed E-state index contributed by atoms with van der Waals surface area (Å²) in [4.78, 5) is 23.2. The minimum absolute atomic E-state index is 0.0257. The van der Waals surface area contributed by atoms with Crippen LogP contribution in [0.5, 0.6) is 5.75 Å². The van der Waals surface area contributed by atoms with Crippen LogP contribution in [-0.2, 0) is 9.53 Å². The highest BCUT2D eigenvalue weighted by Gasteiger charge is 2.24. The lowest BCUT2D eigenvalue weighted by Gasteiger charge is -2.28. The number of ether oxygens (including phenoxy) is 2. The predicted octanol–water partition coefficient (Wildman–Crippen LogP) is 1.88. The number of hydrogen-bond donors (Lipinski definition) is 2. The first-order valence-electron chi connectivity index (χ1n) is 7.41. The fraction of sp³-hybridized carbons (Fsp3) is 0.500. The van der Waals surface area contributed by atoms with Gasteiger partial charge in [0.05, 0.1) is 12.8 Å². The fourth-order valence-electron chi connectivity index (χ4n) is 2.68. The number of nitrogen functional groups attached to an aromatic ring is 1. The molecule has 0 aromatic heterocycles. The number of carbonyl (C=O) groups is 2. The Morgan fingerprint density at radius 3 is 2.50 bits per heavy atom. The lowest BCUT2D eigenvalue weighted by atomic mass is 9.92. The smallest absolute Gasteiger partial charge is 0.302 e. The molecule has 1 aromatic carbocycles. The van der Waals surface area contributed by atoms with Crippen LogP contribution in [0.25, 0.3) is 0 Å². The molecule has 0 unspecified atom stereocenters. The number of methoxy groups -OCH3 is 1. The Balaban J connectivity index is 1.89. The summed E-state index contributed by atoms with van der Waals surface area (Å²) in [5.41, 5.74) is 6.76. The highest BCUT2D eigenvalue weighted by molar-refractivity contribution is 5.95. The standard InChI is InChI=1S/C16H22N2O4/c1-10(19)22-13-6-4-12(5-7-13)18-16(20)11-3-8-14(17)15(9-11)21-2/h3,8-9,12-13H,4-7,17H2,1-2H3,(H,18,20)/t12-,13-. The van der Waals surface area contributed by atoms with Crippen LogP contribution in [0.15, 0.2) is 18.2 Å². The summed E-state index contributed by atoms with van der Waals surface area (Å²) >= 11 is 0. The van der Waals surface area contributed by atoms with Crippen LogP contribution in [0.3, 0.4) is 0 Å². The molecule has 0 saturated heterocycles. The molecule has 0 radical (unpaired) electrons. The molecule has 0 atom stereocenters. The molecule has 0 spiro atoms. The Hall–Kier alpha value is -2.24. The van der Waals surface area contributed by atoms with Crippen molar-refractivity contribution in [1.82, 2.24) is 5.32 Å². The number of anilines is 1. The number of nitrogens with two attached hydrogens (primary N) is 1. The first-order chi connectivity index (χ1) is 10.5. The molecular weight excluding hydrogens is 284 g/mol. The SMILES string of the molecule is COc1cc(C(=O)N[C@H]2CC[C@H](OC(C)=O)CC2)ccc1N. The minimum Gasteiger partial charge on any atom is -0.495 e. The van der Waals surface area contributed by atoms with E-state index in [0.29, 0.717) is 17.0 Å². The van der Waals surface area contributed by atoms with Crippen LogP contribution >= 0.6 is 0 Å². The van der Waals surface area contributed by atoms with E-state index >= 15 is 0 Å². The third-order valence-electron chi connectivity index (χ3n) is 3.84. The molecule has 2 rings (SSSR count). The summed E-state index contributed by atoms with van der Waals surface area (Å²) < 4.78 is 10.3. The molecule has 0 aliphatic heterocycles. The van der Waals surface area contributed by atoms with E-state index in [1.165, 1.54) is 14.0 Å². The average molecular weight is 306 g/mol. The van der Waals surface area contributed by atoms with Crippen LogP contribution in [0, 0.1) is 0 Å². The monoisotopic (exact) mass is 306 g/mol. The maximum Gasteiger partial charge on any atom is 0.302 e. The average Bonchev–Trinajstić information content (AvgIpc) is 2.49. The second-order valence-electron chi connectivity index (χ2n) is 5.51. The fourth-order valence-corrected chi connectivity index (χ4v) is 2.68. The zero-order chi connectivity index (χ0) is 16.1. The van der Waals surface area contributed by atoms with Crippen molar-refractivity contribution in [2.24, 2.45) is 0 Å². The van der Waals surface area contributed by atoms with Gasteiger partial charge in [0.15, 0.2) is 0 Å². The Kier molecular flexibility index (Phi) is 5.25. The quantitative estimate of drug-likeness (QED) is 0.655. The van der Waals surface area contributed by atoms with E-state index in [1.807, 2.05) is 0 Å². The van der Waals surface area contributed by atoms with Crippen LogP contribution in [0.2, 0.25) is 0 Å². The van der Waals surface area contributed by atoms with Crippen molar-refractivity contribution in [3.8, 4) is 5.75 Å². The molecular formula is C16H22N2O4. The van der Waals surface area contributed by atoms with Crippen molar-refractivity contribution in [2.45, 2.75) is 44.8 Å². The lowest BCUT2D eigenvalue weighted by molar-refractivity contribution is -0.147.